The molecule has 1 amide bonds. The van der Waals surface area contributed by atoms with E-state index in [2.05, 4.69) is 0 Å². The van der Waals surface area contributed by atoms with Crippen molar-refractivity contribution in [2.45, 2.75) is 6.92 Å². The monoisotopic (exact) mass is 209 g/mol. The minimum absolute atomic E-state index is 0.359. The molecule has 0 aromatic heterocycles. The number of amides is 1. The van der Waals surface area contributed by atoms with Gasteiger partial charge in [0.15, 0.2) is 0 Å². The molecule has 0 heterocycles. The molecule has 0 aliphatic carbocycles. The van der Waals surface area contributed by atoms with Gasteiger partial charge in [-0.15, -0.1) is 0 Å². The Balaban J connectivity index is 2.89. The standard InChI is InChI=1S/C11H15NO3/c1-4-15-11(13)12(2)9-7-5-6-8-10(9)14-3/h5-8H,4H2,1-3H3. The summed E-state index contributed by atoms with van der Waals surface area (Å²) in [5.74, 6) is 0.646. The van der Waals surface area contributed by atoms with Crippen LogP contribution in [-0.2, 0) is 4.74 Å². The highest BCUT2D eigenvalue weighted by Gasteiger charge is 2.14. The van der Waals surface area contributed by atoms with Gasteiger partial charge in [0.2, 0.25) is 0 Å². The van der Waals surface area contributed by atoms with E-state index in [0.717, 1.165) is 0 Å². The molecule has 0 bridgehead atoms. The zero-order valence-corrected chi connectivity index (χ0v) is 9.19. The quantitative estimate of drug-likeness (QED) is 0.766. The van der Waals surface area contributed by atoms with Gasteiger partial charge >= 0.3 is 6.09 Å². The number of benzene rings is 1. The fraction of sp³-hybridized carbons (Fsp3) is 0.364. The molecule has 0 spiro atoms. The molecule has 1 aromatic carbocycles. The predicted molar refractivity (Wildman–Crippen MR) is 58.4 cm³/mol. The van der Waals surface area contributed by atoms with Crippen LogP contribution in [0.15, 0.2) is 24.3 Å². The summed E-state index contributed by atoms with van der Waals surface area (Å²) in [5.41, 5.74) is 0.693. The van der Waals surface area contributed by atoms with Crippen molar-refractivity contribution in [3.05, 3.63) is 24.3 Å². The highest BCUT2D eigenvalue weighted by atomic mass is 16.6. The van der Waals surface area contributed by atoms with Crippen LogP contribution in [0.4, 0.5) is 10.5 Å². The number of hydrogen-bond donors (Lipinski definition) is 0. The lowest BCUT2D eigenvalue weighted by Crippen LogP contribution is -2.27. The molecule has 0 saturated carbocycles. The number of rotatable bonds is 3. The highest BCUT2D eigenvalue weighted by molar-refractivity contribution is 5.88. The molecule has 4 nitrogen and oxygen atoms in total. The van der Waals surface area contributed by atoms with Gasteiger partial charge < -0.3 is 9.47 Å². The van der Waals surface area contributed by atoms with Gasteiger partial charge in [0.25, 0.3) is 0 Å². The molecule has 4 heteroatoms. The third-order valence-electron chi connectivity index (χ3n) is 1.99. The normalized spacial score (nSPS) is 9.53. The number of ether oxygens (including phenoxy) is 2. The number of carbonyl (C=O) groups is 1. The van der Waals surface area contributed by atoms with E-state index in [0.29, 0.717) is 18.0 Å². The van der Waals surface area contributed by atoms with Crippen LogP contribution >= 0.6 is 0 Å². The zero-order chi connectivity index (χ0) is 11.3. The smallest absolute Gasteiger partial charge is 0.414 e. The summed E-state index contributed by atoms with van der Waals surface area (Å²) in [5, 5.41) is 0. The minimum Gasteiger partial charge on any atom is -0.495 e. The van der Waals surface area contributed by atoms with Crippen molar-refractivity contribution in [1.29, 1.82) is 0 Å². The predicted octanol–water partition coefficient (Wildman–Crippen LogP) is 2.29. The molecule has 82 valence electrons. The Labute approximate surface area is 89.4 Å². The number of para-hydroxylation sites is 2. The van der Waals surface area contributed by atoms with Crippen LogP contribution in [-0.4, -0.2) is 26.9 Å². The lowest BCUT2D eigenvalue weighted by Gasteiger charge is -2.18. The van der Waals surface area contributed by atoms with Gasteiger partial charge in [-0.2, -0.15) is 0 Å². The lowest BCUT2D eigenvalue weighted by atomic mass is 10.3. The van der Waals surface area contributed by atoms with Gasteiger partial charge in [-0.25, -0.2) is 4.79 Å². The minimum atomic E-state index is -0.387. The summed E-state index contributed by atoms with van der Waals surface area (Å²) in [6.07, 6.45) is -0.387. The van der Waals surface area contributed by atoms with Crippen molar-refractivity contribution in [2.24, 2.45) is 0 Å². The van der Waals surface area contributed by atoms with Gasteiger partial charge in [-0.1, -0.05) is 12.1 Å². The van der Waals surface area contributed by atoms with E-state index in [-0.39, 0.29) is 6.09 Å². The summed E-state index contributed by atoms with van der Waals surface area (Å²) in [6, 6.07) is 7.29. The Morgan fingerprint density at radius 3 is 2.67 bits per heavy atom. The van der Waals surface area contributed by atoms with Crippen molar-refractivity contribution in [3.8, 4) is 5.75 Å². The molecule has 0 N–H and O–H groups in total. The summed E-state index contributed by atoms with van der Waals surface area (Å²) >= 11 is 0. The Kier molecular flexibility index (Phi) is 3.97. The average Bonchev–Trinajstić information content (AvgIpc) is 2.28. The second-order valence-electron chi connectivity index (χ2n) is 2.93. The van der Waals surface area contributed by atoms with Crippen LogP contribution in [0.3, 0.4) is 0 Å². The molecule has 0 aliphatic rings. The van der Waals surface area contributed by atoms with E-state index in [9.17, 15) is 4.79 Å². The maximum atomic E-state index is 11.5. The number of hydrogen-bond acceptors (Lipinski definition) is 3. The fourth-order valence-electron chi connectivity index (χ4n) is 1.23. The van der Waals surface area contributed by atoms with Crippen LogP contribution in [0.1, 0.15) is 6.92 Å². The first kappa shape index (κ1) is 11.4. The van der Waals surface area contributed by atoms with Crippen molar-refractivity contribution in [2.75, 3.05) is 25.7 Å². The molecular weight excluding hydrogens is 194 g/mol. The lowest BCUT2D eigenvalue weighted by molar-refractivity contribution is 0.161. The first-order chi connectivity index (χ1) is 7.20. The molecule has 1 rings (SSSR count). The van der Waals surface area contributed by atoms with Crippen LogP contribution < -0.4 is 9.64 Å². The third-order valence-corrected chi connectivity index (χ3v) is 1.99. The van der Waals surface area contributed by atoms with Crippen LogP contribution in [0.2, 0.25) is 0 Å². The fourth-order valence-corrected chi connectivity index (χ4v) is 1.23. The number of nitrogens with zero attached hydrogens (tertiary/aromatic N) is 1. The molecule has 0 unspecified atom stereocenters. The van der Waals surface area contributed by atoms with Crippen LogP contribution in [0, 0.1) is 0 Å². The zero-order valence-electron chi connectivity index (χ0n) is 9.19. The molecule has 1 aromatic rings. The molecular formula is C11H15NO3. The number of carbonyl (C=O) groups excluding carboxylic acids is 1. The highest BCUT2D eigenvalue weighted by Crippen LogP contribution is 2.26. The Hall–Kier alpha value is -1.71. The van der Waals surface area contributed by atoms with Gasteiger partial charge in [0, 0.05) is 7.05 Å². The Bertz CT molecular complexity index is 338. The van der Waals surface area contributed by atoms with E-state index in [1.54, 1.807) is 33.2 Å². The molecule has 0 atom stereocenters. The number of anilines is 1. The summed E-state index contributed by atoms with van der Waals surface area (Å²) in [4.78, 5) is 12.9. The van der Waals surface area contributed by atoms with Gasteiger partial charge in [0.05, 0.1) is 19.4 Å². The summed E-state index contributed by atoms with van der Waals surface area (Å²) in [6.45, 7) is 2.13. The maximum absolute atomic E-state index is 11.5. The molecule has 0 saturated heterocycles. The van der Waals surface area contributed by atoms with Gasteiger partial charge in [0.1, 0.15) is 5.75 Å². The first-order valence-electron chi connectivity index (χ1n) is 4.74. The first-order valence-corrected chi connectivity index (χ1v) is 4.74. The Morgan fingerprint density at radius 1 is 1.40 bits per heavy atom. The van der Waals surface area contributed by atoms with Gasteiger partial charge in [-0.05, 0) is 19.1 Å². The topological polar surface area (TPSA) is 38.8 Å². The SMILES string of the molecule is CCOC(=O)N(C)c1ccccc1OC. The van der Waals surface area contributed by atoms with Gasteiger partial charge in [-0.3, -0.25) is 4.90 Å². The van der Waals surface area contributed by atoms with Crippen molar-refractivity contribution < 1.29 is 14.3 Å². The third kappa shape index (κ3) is 2.62. The van der Waals surface area contributed by atoms with Crippen molar-refractivity contribution in [1.82, 2.24) is 0 Å². The van der Waals surface area contributed by atoms with E-state index in [1.165, 1.54) is 4.90 Å². The second kappa shape index (κ2) is 5.24. The largest absolute Gasteiger partial charge is 0.495 e. The number of methoxy groups -OCH3 is 1. The average molecular weight is 209 g/mol. The molecule has 0 radical (unpaired) electrons. The van der Waals surface area contributed by atoms with Crippen LogP contribution in [0.25, 0.3) is 0 Å². The maximum Gasteiger partial charge on any atom is 0.414 e. The van der Waals surface area contributed by atoms with E-state index >= 15 is 0 Å². The molecule has 0 fully saturated rings. The second-order valence-corrected chi connectivity index (χ2v) is 2.93. The summed E-state index contributed by atoms with van der Waals surface area (Å²) in [7, 11) is 3.22. The van der Waals surface area contributed by atoms with E-state index in [1.807, 2.05) is 12.1 Å². The Morgan fingerprint density at radius 2 is 2.07 bits per heavy atom. The van der Waals surface area contributed by atoms with Crippen LogP contribution in [0.5, 0.6) is 5.75 Å². The van der Waals surface area contributed by atoms with Crippen molar-refractivity contribution >= 4 is 11.8 Å². The van der Waals surface area contributed by atoms with E-state index in [4.69, 9.17) is 9.47 Å². The van der Waals surface area contributed by atoms with E-state index < -0.39 is 0 Å². The van der Waals surface area contributed by atoms with Crippen molar-refractivity contribution in [3.63, 3.8) is 0 Å². The molecule has 15 heavy (non-hydrogen) atoms. The summed E-state index contributed by atoms with van der Waals surface area (Å²) < 4.78 is 10.0. The molecule has 0 aliphatic heterocycles.